The minimum atomic E-state index is -1.44. The molecule has 0 spiro atoms. The maximum Gasteiger partial charge on any atom is 0.333 e. The predicted octanol–water partition coefficient (Wildman–Crippen LogP) is 2.40. The maximum atomic E-state index is 11.6. The molecule has 1 atom stereocenters. The van der Waals surface area contributed by atoms with E-state index in [2.05, 4.69) is 10.3 Å². The molecule has 0 aliphatic carbocycles. The summed E-state index contributed by atoms with van der Waals surface area (Å²) < 4.78 is 0. The van der Waals surface area contributed by atoms with Crippen molar-refractivity contribution in [3.63, 3.8) is 0 Å². The third-order valence-corrected chi connectivity index (χ3v) is 3.11. The van der Waals surface area contributed by atoms with E-state index in [1.807, 2.05) is 0 Å². The van der Waals surface area contributed by atoms with Crippen LogP contribution in [0.4, 0.5) is 11.5 Å². The minimum Gasteiger partial charge on any atom is -0.479 e. The van der Waals surface area contributed by atoms with Crippen LogP contribution in [0.3, 0.4) is 0 Å². The second-order valence-corrected chi connectivity index (χ2v) is 4.58. The molecule has 2 N–H and O–H groups in total. The number of carbonyl (C=O) groups is 1. The fourth-order valence-corrected chi connectivity index (χ4v) is 1.88. The van der Waals surface area contributed by atoms with E-state index >= 15 is 0 Å². The first-order chi connectivity index (χ1) is 9.93. The van der Waals surface area contributed by atoms with Gasteiger partial charge in [-0.15, -0.1) is 0 Å². The molecule has 1 heterocycles. The lowest BCUT2D eigenvalue weighted by Crippen LogP contribution is -2.40. The number of carboxylic acids is 1. The van der Waals surface area contributed by atoms with Crippen molar-refractivity contribution in [2.45, 2.75) is 12.5 Å². The average Bonchev–Trinajstić information content (AvgIpc) is 2.48. The van der Waals surface area contributed by atoms with E-state index < -0.39 is 16.4 Å². The molecule has 1 aromatic heterocycles. The summed E-state index contributed by atoms with van der Waals surface area (Å²) in [7, 11) is 0. The van der Waals surface area contributed by atoms with Gasteiger partial charge in [-0.2, -0.15) is 0 Å². The van der Waals surface area contributed by atoms with E-state index in [0.29, 0.717) is 5.56 Å². The van der Waals surface area contributed by atoms with Crippen LogP contribution >= 0.6 is 0 Å². The second-order valence-electron chi connectivity index (χ2n) is 4.58. The van der Waals surface area contributed by atoms with Crippen LogP contribution in [-0.4, -0.2) is 21.0 Å². The lowest BCUT2D eigenvalue weighted by molar-refractivity contribution is -0.384. The van der Waals surface area contributed by atoms with Crippen molar-refractivity contribution in [3.8, 4) is 0 Å². The van der Waals surface area contributed by atoms with Crippen molar-refractivity contribution in [3.05, 3.63) is 64.3 Å². The zero-order chi connectivity index (χ0) is 15.5. The van der Waals surface area contributed by atoms with Crippen molar-refractivity contribution < 1.29 is 14.8 Å². The number of nitro groups is 1. The van der Waals surface area contributed by atoms with E-state index in [-0.39, 0.29) is 11.5 Å². The second kappa shape index (κ2) is 5.58. The Morgan fingerprint density at radius 2 is 2.00 bits per heavy atom. The molecule has 21 heavy (non-hydrogen) atoms. The topological polar surface area (TPSA) is 105 Å². The number of pyridine rings is 1. The van der Waals surface area contributed by atoms with E-state index in [1.54, 1.807) is 30.3 Å². The molecule has 7 heteroatoms. The molecule has 2 aromatic rings. The number of carboxylic acid groups (broad SMARTS) is 1. The molecule has 2 rings (SSSR count). The smallest absolute Gasteiger partial charge is 0.333 e. The summed E-state index contributed by atoms with van der Waals surface area (Å²) >= 11 is 0. The molecular formula is C14H13N3O4. The van der Waals surface area contributed by atoms with E-state index in [0.717, 1.165) is 0 Å². The van der Waals surface area contributed by atoms with Gasteiger partial charge in [-0.05, 0) is 12.5 Å². The van der Waals surface area contributed by atoms with Crippen molar-refractivity contribution in [1.29, 1.82) is 0 Å². The number of aromatic nitrogens is 1. The molecule has 1 unspecified atom stereocenters. The van der Waals surface area contributed by atoms with Crippen molar-refractivity contribution in [1.82, 2.24) is 4.98 Å². The van der Waals surface area contributed by atoms with Crippen LogP contribution in [0, 0.1) is 10.1 Å². The Bertz CT molecular complexity index is 675. The van der Waals surface area contributed by atoms with Gasteiger partial charge in [0.05, 0.1) is 11.0 Å². The average molecular weight is 287 g/mol. The number of anilines is 1. The van der Waals surface area contributed by atoms with Gasteiger partial charge in [0.25, 0.3) is 5.69 Å². The molecule has 0 fully saturated rings. The van der Waals surface area contributed by atoms with Gasteiger partial charge in [-0.25, -0.2) is 9.78 Å². The maximum absolute atomic E-state index is 11.6. The van der Waals surface area contributed by atoms with Crippen LogP contribution in [0.25, 0.3) is 0 Å². The highest BCUT2D eigenvalue weighted by Crippen LogP contribution is 2.27. The molecule has 0 saturated heterocycles. The van der Waals surface area contributed by atoms with Crippen molar-refractivity contribution in [2.75, 3.05) is 5.32 Å². The van der Waals surface area contributed by atoms with Gasteiger partial charge in [-0.3, -0.25) is 10.1 Å². The van der Waals surface area contributed by atoms with Gasteiger partial charge < -0.3 is 10.4 Å². The minimum absolute atomic E-state index is 0.123. The first kappa shape index (κ1) is 14.4. The quantitative estimate of drug-likeness (QED) is 0.646. The first-order valence-corrected chi connectivity index (χ1v) is 6.11. The number of aliphatic carboxylic acids is 1. The van der Waals surface area contributed by atoms with Gasteiger partial charge in [0.1, 0.15) is 5.82 Å². The third-order valence-electron chi connectivity index (χ3n) is 3.11. The zero-order valence-electron chi connectivity index (χ0n) is 11.2. The summed E-state index contributed by atoms with van der Waals surface area (Å²) in [6, 6.07) is 11.0. The van der Waals surface area contributed by atoms with Crippen LogP contribution in [0.2, 0.25) is 0 Å². The normalized spacial score (nSPS) is 13.2. The van der Waals surface area contributed by atoms with Gasteiger partial charge in [0.15, 0.2) is 5.54 Å². The van der Waals surface area contributed by atoms with Crippen LogP contribution < -0.4 is 5.32 Å². The summed E-state index contributed by atoms with van der Waals surface area (Å²) in [5.74, 6) is -0.986. The van der Waals surface area contributed by atoms with Crippen LogP contribution in [0.1, 0.15) is 12.5 Å². The van der Waals surface area contributed by atoms with E-state index in [4.69, 9.17) is 0 Å². The largest absolute Gasteiger partial charge is 0.479 e. The Morgan fingerprint density at radius 3 is 2.57 bits per heavy atom. The number of nitrogens with zero attached hydrogens (tertiary/aromatic N) is 2. The Kier molecular flexibility index (Phi) is 3.84. The molecule has 0 saturated carbocycles. The summed E-state index contributed by atoms with van der Waals surface area (Å²) in [4.78, 5) is 25.8. The Hall–Kier alpha value is -2.96. The van der Waals surface area contributed by atoms with E-state index in [1.165, 1.54) is 25.3 Å². The summed E-state index contributed by atoms with van der Waals surface area (Å²) in [5, 5.41) is 23.0. The lowest BCUT2D eigenvalue weighted by Gasteiger charge is -2.27. The van der Waals surface area contributed by atoms with E-state index in [9.17, 15) is 20.0 Å². The number of hydrogen-bond donors (Lipinski definition) is 2. The molecule has 0 amide bonds. The standard InChI is InChI=1S/C14H13N3O4/c1-14(13(18)19,10-5-3-2-4-6-10)16-12-9-11(17(20)21)7-8-15-12/h2-9H,1H3,(H,15,16)(H,18,19). The number of benzene rings is 1. The highest BCUT2D eigenvalue weighted by Gasteiger charge is 2.35. The third kappa shape index (κ3) is 2.97. The molecule has 108 valence electrons. The van der Waals surface area contributed by atoms with Gasteiger partial charge in [0.2, 0.25) is 0 Å². The SMILES string of the molecule is CC(Nc1cc([N+](=O)[O-])ccn1)(C(=O)O)c1ccccc1. The monoisotopic (exact) mass is 287 g/mol. The summed E-state index contributed by atoms with van der Waals surface area (Å²) in [5.41, 5.74) is -1.08. The van der Waals surface area contributed by atoms with Gasteiger partial charge >= 0.3 is 5.97 Å². The predicted molar refractivity (Wildman–Crippen MR) is 75.9 cm³/mol. The molecule has 0 bridgehead atoms. The van der Waals surface area contributed by atoms with Crippen LogP contribution in [0.5, 0.6) is 0 Å². The molecule has 7 nitrogen and oxygen atoms in total. The van der Waals surface area contributed by atoms with Gasteiger partial charge in [-0.1, -0.05) is 30.3 Å². The number of nitrogens with one attached hydrogen (secondary N) is 1. The fourth-order valence-electron chi connectivity index (χ4n) is 1.88. The highest BCUT2D eigenvalue weighted by atomic mass is 16.6. The molecule has 0 aliphatic heterocycles. The molecule has 1 aromatic carbocycles. The highest BCUT2D eigenvalue weighted by molar-refractivity contribution is 5.83. The zero-order valence-corrected chi connectivity index (χ0v) is 11.2. The van der Waals surface area contributed by atoms with Crippen LogP contribution in [0.15, 0.2) is 48.7 Å². The van der Waals surface area contributed by atoms with Crippen molar-refractivity contribution in [2.24, 2.45) is 0 Å². The Balaban J connectivity index is 2.40. The summed E-state index contributed by atoms with van der Waals surface area (Å²) in [6.07, 6.45) is 1.26. The Morgan fingerprint density at radius 1 is 1.33 bits per heavy atom. The summed E-state index contributed by atoms with van der Waals surface area (Å²) in [6.45, 7) is 1.48. The molecule has 0 aliphatic rings. The lowest BCUT2D eigenvalue weighted by atomic mass is 9.92. The van der Waals surface area contributed by atoms with Gasteiger partial charge in [0, 0.05) is 12.3 Å². The number of rotatable bonds is 5. The first-order valence-electron chi connectivity index (χ1n) is 6.11. The molecular weight excluding hydrogens is 274 g/mol. The number of hydrogen-bond acceptors (Lipinski definition) is 5. The Labute approximate surface area is 120 Å². The van der Waals surface area contributed by atoms with Crippen LogP contribution in [-0.2, 0) is 10.3 Å². The fraction of sp³-hybridized carbons (Fsp3) is 0.143. The molecule has 0 radical (unpaired) electrons. The van der Waals surface area contributed by atoms with Crippen molar-refractivity contribution >= 4 is 17.5 Å².